The van der Waals surface area contributed by atoms with E-state index in [0.29, 0.717) is 16.5 Å². The molecule has 0 heterocycles. The Morgan fingerprint density at radius 2 is 1.94 bits per heavy atom. The van der Waals surface area contributed by atoms with Crippen molar-refractivity contribution >= 4 is 17.5 Å². The third-order valence-electron chi connectivity index (χ3n) is 3.08. The van der Waals surface area contributed by atoms with E-state index in [9.17, 15) is 9.90 Å². The second-order valence-electron chi connectivity index (χ2n) is 4.56. The molecule has 1 aromatic rings. The van der Waals surface area contributed by atoms with E-state index in [0.717, 1.165) is 0 Å². The van der Waals surface area contributed by atoms with Crippen LogP contribution < -0.4 is 0 Å². The smallest absolute Gasteiger partial charge is 0.255 e. The highest BCUT2D eigenvalue weighted by Crippen LogP contribution is 2.23. The van der Waals surface area contributed by atoms with Gasteiger partial charge >= 0.3 is 0 Å². The normalized spacial score (nSPS) is 12.6. The number of hydrogen-bond donors (Lipinski definition) is 1. The number of halogens is 1. The van der Waals surface area contributed by atoms with E-state index in [2.05, 4.69) is 13.8 Å². The second-order valence-corrected chi connectivity index (χ2v) is 4.97. The summed E-state index contributed by atoms with van der Waals surface area (Å²) in [6, 6.07) is 4.50. The van der Waals surface area contributed by atoms with Gasteiger partial charge in [0.1, 0.15) is 5.75 Å². The third-order valence-corrected chi connectivity index (χ3v) is 3.41. The minimum Gasteiger partial charge on any atom is -0.508 e. The summed E-state index contributed by atoms with van der Waals surface area (Å²) in [5.41, 5.74) is 0.335. The first-order valence-corrected chi connectivity index (χ1v) is 5.98. The lowest BCUT2D eigenvalue weighted by Crippen LogP contribution is -2.38. The van der Waals surface area contributed by atoms with Crippen LogP contribution in [0.25, 0.3) is 0 Å². The van der Waals surface area contributed by atoms with Gasteiger partial charge in [-0.25, -0.2) is 0 Å². The molecule has 0 aliphatic heterocycles. The summed E-state index contributed by atoms with van der Waals surface area (Å²) in [5, 5.41) is 9.74. The first-order valence-electron chi connectivity index (χ1n) is 5.60. The molecule has 1 unspecified atom stereocenters. The number of phenols is 1. The van der Waals surface area contributed by atoms with Gasteiger partial charge in [-0.15, -0.1) is 0 Å². The van der Waals surface area contributed by atoms with Crippen molar-refractivity contribution in [3.05, 3.63) is 28.8 Å². The molecule has 0 saturated carbocycles. The quantitative estimate of drug-likeness (QED) is 0.901. The number of hydrogen-bond acceptors (Lipinski definition) is 2. The van der Waals surface area contributed by atoms with Crippen LogP contribution in [0.1, 0.15) is 31.1 Å². The zero-order chi connectivity index (χ0) is 13.2. The molecule has 0 aliphatic rings. The fourth-order valence-corrected chi connectivity index (χ4v) is 1.70. The maximum Gasteiger partial charge on any atom is 0.255 e. The molecular formula is C13H18ClNO2. The fourth-order valence-electron chi connectivity index (χ4n) is 1.50. The highest BCUT2D eigenvalue weighted by atomic mass is 35.5. The summed E-state index contributed by atoms with van der Waals surface area (Å²) in [6.45, 7) is 6.09. The number of aromatic hydroxyl groups is 1. The number of nitrogens with zero attached hydrogens (tertiary/aromatic N) is 1. The molecule has 0 saturated heterocycles. The molecule has 1 N–H and O–H groups in total. The van der Waals surface area contributed by atoms with E-state index in [4.69, 9.17) is 11.6 Å². The summed E-state index contributed by atoms with van der Waals surface area (Å²) in [4.78, 5) is 13.8. The molecule has 1 rings (SSSR count). The molecule has 0 radical (unpaired) electrons. The van der Waals surface area contributed by atoms with Gasteiger partial charge in [-0.2, -0.15) is 0 Å². The van der Waals surface area contributed by atoms with Crippen LogP contribution in [0, 0.1) is 5.92 Å². The molecule has 1 aromatic carbocycles. The minimum absolute atomic E-state index is 0.0448. The molecule has 3 nitrogen and oxygen atoms in total. The van der Waals surface area contributed by atoms with Gasteiger partial charge in [0.15, 0.2) is 0 Å². The zero-order valence-electron chi connectivity index (χ0n) is 10.6. The first-order chi connectivity index (χ1) is 7.84. The van der Waals surface area contributed by atoms with Crippen LogP contribution in [0.15, 0.2) is 18.2 Å². The Labute approximate surface area is 107 Å². The van der Waals surface area contributed by atoms with Crippen LogP contribution in [0.3, 0.4) is 0 Å². The lowest BCUT2D eigenvalue weighted by atomic mass is 10.0. The predicted molar refractivity (Wildman–Crippen MR) is 69.5 cm³/mol. The van der Waals surface area contributed by atoms with Gasteiger partial charge in [0.2, 0.25) is 0 Å². The monoisotopic (exact) mass is 255 g/mol. The molecule has 0 spiro atoms. The van der Waals surface area contributed by atoms with E-state index in [1.54, 1.807) is 11.9 Å². The Bertz CT molecular complexity index is 418. The molecule has 1 atom stereocenters. The molecule has 4 heteroatoms. The lowest BCUT2D eigenvalue weighted by molar-refractivity contribution is 0.0707. The van der Waals surface area contributed by atoms with Crippen LogP contribution in [0.5, 0.6) is 5.75 Å². The zero-order valence-corrected chi connectivity index (χ0v) is 11.3. The number of amides is 1. The van der Waals surface area contributed by atoms with Crippen LogP contribution in [-0.4, -0.2) is 29.0 Å². The largest absolute Gasteiger partial charge is 0.508 e. The Hall–Kier alpha value is -1.22. The topological polar surface area (TPSA) is 40.5 Å². The van der Waals surface area contributed by atoms with Crippen molar-refractivity contribution in [1.29, 1.82) is 0 Å². The van der Waals surface area contributed by atoms with Crippen LogP contribution in [0.2, 0.25) is 5.02 Å². The van der Waals surface area contributed by atoms with E-state index in [-0.39, 0.29) is 17.7 Å². The molecule has 0 aliphatic carbocycles. The molecule has 94 valence electrons. The van der Waals surface area contributed by atoms with Crippen molar-refractivity contribution in [2.45, 2.75) is 26.8 Å². The fraction of sp³-hybridized carbons (Fsp3) is 0.462. The Kier molecular flexibility index (Phi) is 4.40. The molecule has 1 amide bonds. The van der Waals surface area contributed by atoms with E-state index in [1.165, 1.54) is 18.2 Å². The summed E-state index contributed by atoms with van der Waals surface area (Å²) in [5.74, 6) is 0.232. The lowest BCUT2D eigenvalue weighted by Gasteiger charge is -2.28. The van der Waals surface area contributed by atoms with E-state index < -0.39 is 0 Å². The van der Waals surface area contributed by atoms with Gasteiger partial charge in [-0.1, -0.05) is 25.4 Å². The van der Waals surface area contributed by atoms with E-state index >= 15 is 0 Å². The van der Waals surface area contributed by atoms with Crippen molar-refractivity contribution in [3.63, 3.8) is 0 Å². The van der Waals surface area contributed by atoms with Gasteiger partial charge in [0.25, 0.3) is 5.91 Å². The summed E-state index contributed by atoms with van der Waals surface area (Å²) in [6.07, 6.45) is 0. The van der Waals surface area contributed by atoms with Crippen molar-refractivity contribution in [2.75, 3.05) is 7.05 Å². The first kappa shape index (κ1) is 13.8. The van der Waals surface area contributed by atoms with Gasteiger partial charge in [0, 0.05) is 13.1 Å². The van der Waals surface area contributed by atoms with Gasteiger partial charge in [-0.3, -0.25) is 4.79 Å². The number of carbonyl (C=O) groups excluding carboxylic acids is 1. The average Bonchev–Trinajstić information content (AvgIpc) is 2.29. The summed E-state index contributed by atoms with van der Waals surface area (Å²) >= 11 is 5.96. The number of carbonyl (C=O) groups is 1. The highest BCUT2D eigenvalue weighted by Gasteiger charge is 2.21. The van der Waals surface area contributed by atoms with E-state index in [1.807, 2.05) is 6.92 Å². The molecule has 0 bridgehead atoms. The average molecular weight is 256 g/mol. The maximum atomic E-state index is 12.2. The molecule has 17 heavy (non-hydrogen) atoms. The van der Waals surface area contributed by atoms with Crippen molar-refractivity contribution in [3.8, 4) is 5.75 Å². The Morgan fingerprint density at radius 1 is 1.35 bits per heavy atom. The van der Waals surface area contributed by atoms with Gasteiger partial charge in [-0.05, 0) is 31.0 Å². The molecular weight excluding hydrogens is 238 g/mol. The second kappa shape index (κ2) is 5.41. The van der Waals surface area contributed by atoms with Crippen LogP contribution in [0.4, 0.5) is 0 Å². The minimum atomic E-state index is -0.174. The number of phenolic OH excluding ortho intramolecular Hbond substituents is 1. The maximum absolute atomic E-state index is 12.2. The van der Waals surface area contributed by atoms with Crippen molar-refractivity contribution < 1.29 is 9.90 Å². The van der Waals surface area contributed by atoms with Gasteiger partial charge in [0.05, 0.1) is 10.6 Å². The highest BCUT2D eigenvalue weighted by molar-refractivity contribution is 6.33. The molecule has 0 aromatic heterocycles. The standard InChI is InChI=1S/C13H18ClNO2/c1-8(2)9(3)15(4)13(17)11-7-10(16)5-6-12(11)14/h5-9,16H,1-4H3. The number of rotatable bonds is 3. The van der Waals surface area contributed by atoms with Gasteiger partial charge < -0.3 is 10.0 Å². The Balaban J connectivity index is 3.00. The van der Waals surface area contributed by atoms with Crippen LogP contribution >= 0.6 is 11.6 Å². The van der Waals surface area contributed by atoms with Crippen molar-refractivity contribution in [1.82, 2.24) is 4.90 Å². The van der Waals surface area contributed by atoms with Crippen molar-refractivity contribution in [2.24, 2.45) is 5.92 Å². The summed E-state index contributed by atoms with van der Waals surface area (Å²) < 4.78 is 0. The van der Waals surface area contributed by atoms with Crippen LogP contribution in [-0.2, 0) is 0 Å². The Morgan fingerprint density at radius 3 is 2.47 bits per heavy atom. The predicted octanol–water partition coefficient (Wildman–Crippen LogP) is 3.16. The SMILES string of the molecule is CC(C)C(C)N(C)C(=O)c1cc(O)ccc1Cl. The number of benzene rings is 1. The third kappa shape index (κ3) is 3.13. The molecule has 0 fully saturated rings. The summed E-state index contributed by atoms with van der Waals surface area (Å²) in [7, 11) is 1.74.